The standard InChI is InChI=1S/C29H40N4O4/c1-3-32(18-19-34)29(37)33(4-2)20-21-14-16-22(17-15-21)24-12-8-9-13-25(24)28(36)31-26(27(30)35)23-10-6-5-7-11-23/h5-7,10-11,14-17,24-26,34H,3-4,8-9,12-13,18-20H2,1-2H3,(H2,30,35)(H,31,36)/t24-,25+,26-/m0/s1. The molecule has 3 atom stereocenters. The van der Waals surface area contributed by atoms with E-state index in [0.29, 0.717) is 31.7 Å². The number of likely N-dealkylation sites (N-methyl/N-ethyl adjacent to an activating group) is 1. The van der Waals surface area contributed by atoms with Gasteiger partial charge in [0.05, 0.1) is 6.61 Å². The van der Waals surface area contributed by atoms with Gasteiger partial charge < -0.3 is 26.0 Å². The fourth-order valence-corrected chi connectivity index (χ4v) is 5.17. The third-order valence-electron chi connectivity index (χ3n) is 7.26. The Morgan fingerprint density at radius 3 is 2.22 bits per heavy atom. The normalized spacial score (nSPS) is 18.0. The molecule has 200 valence electrons. The first-order valence-corrected chi connectivity index (χ1v) is 13.3. The van der Waals surface area contributed by atoms with Crippen LogP contribution >= 0.6 is 0 Å². The lowest BCUT2D eigenvalue weighted by Gasteiger charge is -2.32. The van der Waals surface area contributed by atoms with Crippen molar-refractivity contribution in [3.8, 4) is 0 Å². The number of hydrogen-bond acceptors (Lipinski definition) is 4. The number of rotatable bonds is 11. The van der Waals surface area contributed by atoms with Crippen molar-refractivity contribution < 1.29 is 19.5 Å². The molecule has 0 heterocycles. The van der Waals surface area contributed by atoms with Gasteiger partial charge >= 0.3 is 6.03 Å². The van der Waals surface area contributed by atoms with E-state index in [1.807, 2.05) is 44.2 Å². The van der Waals surface area contributed by atoms with E-state index in [4.69, 9.17) is 5.73 Å². The summed E-state index contributed by atoms with van der Waals surface area (Å²) in [5.41, 5.74) is 8.40. The van der Waals surface area contributed by atoms with E-state index in [1.54, 1.807) is 21.9 Å². The highest BCUT2D eigenvalue weighted by Crippen LogP contribution is 2.38. The van der Waals surface area contributed by atoms with Gasteiger partial charge in [0.25, 0.3) is 0 Å². The van der Waals surface area contributed by atoms with Crippen LogP contribution in [0.15, 0.2) is 54.6 Å². The van der Waals surface area contributed by atoms with Crippen molar-refractivity contribution in [2.75, 3.05) is 26.2 Å². The molecule has 0 bridgehead atoms. The first-order valence-electron chi connectivity index (χ1n) is 13.3. The summed E-state index contributed by atoms with van der Waals surface area (Å²) in [6.07, 6.45) is 3.67. The van der Waals surface area contributed by atoms with Crippen LogP contribution in [0.5, 0.6) is 0 Å². The Hall–Kier alpha value is -3.39. The number of nitrogens with zero attached hydrogens (tertiary/aromatic N) is 2. The zero-order valence-corrected chi connectivity index (χ0v) is 21.9. The fraction of sp³-hybridized carbons (Fsp3) is 0.483. The molecule has 3 rings (SSSR count). The molecule has 1 fully saturated rings. The molecule has 4 amide bonds. The van der Waals surface area contributed by atoms with Gasteiger partial charge in [-0.1, -0.05) is 67.4 Å². The average Bonchev–Trinajstić information content (AvgIpc) is 2.93. The molecule has 0 unspecified atom stereocenters. The largest absolute Gasteiger partial charge is 0.395 e. The quantitative estimate of drug-likeness (QED) is 0.430. The lowest BCUT2D eigenvalue weighted by atomic mass is 9.74. The fourth-order valence-electron chi connectivity index (χ4n) is 5.17. The molecule has 1 saturated carbocycles. The van der Waals surface area contributed by atoms with E-state index in [0.717, 1.165) is 36.8 Å². The van der Waals surface area contributed by atoms with Crippen molar-refractivity contribution in [1.29, 1.82) is 0 Å². The van der Waals surface area contributed by atoms with Gasteiger partial charge in [-0.2, -0.15) is 0 Å². The maximum absolute atomic E-state index is 13.4. The molecule has 2 aromatic carbocycles. The Morgan fingerprint density at radius 1 is 0.973 bits per heavy atom. The van der Waals surface area contributed by atoms with Crippen molar-refractivity contribution in [3.05, 3.63) is 71.3 Å². The number of carbonyl (C=O) groups excluding carboxylic acids is 3. The number of benzene rings is 2. The summed E-state index contributed by atoms with van der Waals surface area (Å²) < 4.78 is 0. The monoisotopic (exact) mass is 508 g/mol. The van der Waals surface area contributed by atoms with Crippen molar-refractivity contribution in [2.45, 2.75) is 58.0 Å². The third kappa shape index (κ3) is 7.32. The van der Waals surface area contributed by atoms with Gasteiger partial charge in [0.2, 0.25) is 11.8 Å². The molecular formula is C29H40N4O4. The number of carbonyl (C=O) groups is 3. The molecule has 8 heteroatoms. The van der Waals surface area contributed by atoms with Crippen molar-refractivity contribution in [3.63, 3.8) is 0 Å². The summed E-state index contributed by atoms with van der Waals surface area (Å²) in [5, 5.41) is 12.2. The topological polar surface area (TPSA) is 116 Å². The number of amides is 4. The number of urea groups is 1. The number of hydrogen-bond donors (Lipinski definition) is 3. The second kappa shape index (κ2) is 13.8. The number of aliphatic hydroxyl groups excluding tert-OH is 1. The summed E-state index contributed by atoms with van der Waals surface area (Å²) in [7, 11) is 0. The number of primary amides is 1. The molecule has 0 saturated heterocycles. The molecular weight excluding hydrogens is 468 g/mol. The summed E-state index contributed by atoms with van der Waals surface area (Å²) in [4.78, 5) is 41.7. The third-order valence-corrected chi connectivity index (χ3v) is 7.26. The van der Waals surface area contributed by atoms with Crippen LogP contribution in [0.2, 0.25) is 0 Å². The number of aliphatic hydroxyl groups is 1. The molecule has 37 heavy (non-hydrogen) atoms. The van der Waals surface area contributed by atoms with Gasteiger partial charge in [0.15, 0.2) is 0 Å². The Bertz CT molecular complexity index is 1030. The summed E-state index contributed by atoms with van der Waals surface area (Å²) in [6.45, 7) is 5.68. The molecule has 1 aliphatic rings. The van der Waals surface area contributed by atoms with Crippen molar-refractivity contribution in [1.82, 2.24) is 15.1 Å². The highest BCUT2D eigenvalue weighted by molar-refractivity contribution is 5.89. The molecule has 1 aliphatic carbocycles. The lowest BCUT2D eigenvalue weighted by molar-refractivity contribution is -0.131. The summed E-state index contributed by atoms with van der Waals surface area (Å²) >= 11 is 0. The van der Waals surface area contributed by atoms with E-state index >= 15 is 0 Å². The molecule has 0 aliphatic heterocycles. The number of nitrogens with one attached hydrogen (secondary N) is 1. The van der Waals surface area contributed by atoms with Crippen molar-refractivity contribution in [2.24, 2.45) is 11.7 Å². The van der Waals surface area contributed by atoms with Crippen LogP contribution < -0.4 is 11.1 Å². The van der Waals surface area contributed by atoms with E-state index in [2.05, 4.69) is 17.4 Å². The van der Waals surface area contributed by atoms with E-state index in [-0.39, 0.29) is 30.4 Å². The Morgan fingerprint density at radius 2 is 1.62 bits per heavy atom. The van der Waals surface area contributed by atoms with Gasteiger partial charge in [0.1, 0.15) is 6.04 Å². The zero-order chi connectivity index (χ0) is 26.8. The van der Waals surface area contributed by atoms with Crippen molar-refractivity contribution >= 4 is 17.8 Å². The summed E-state index contributed by atoms with van der Waals surface area (Å²) in [5.74, 6) is -0.911. The molecule has 0 aromatic heterocycles. The molecule has 0 spiro atoms. The van der Waals surface area contributed by atoms with Gasteiger partial charge in [-0.15, -0.1) is 0 Å². The van der Waals surface area contributed by atoms with E-state index < -0.39 is 11.9 Å². The molecule has 4 N–H and O–H groups in total. The van der Waals surface area contributed by atoms with Crippen LogP contribution in [-0.4, -0.2) is 59.0 Å². The van der Waals surface area contributed by atoms with Crippen LogP contribution in [0.3, 0.4) is 0 Å². The minimum atomic E-state index is -0.857. The Labute approximate surface area is 219 Å². The van der Waals surface area contributed by atoms with Crippen LogP contribution in [-0.2, 0) is 16.1 Å². The maximum atomic E-state index is 13.4. The molecule has 2 aromatic rings. The Kier molecular flexibility index (Phi) is 10.5. The first-order chi connectivity index (χ1) is 17.9. The van der Waals surface area contributed by atoms with Crippen LogP contribution in [0.1, 0.15) is 68.2 Å². The zero-order valence-electron chi connectivity index (χ0n) is 21.9. The smallest absolute Gasteiger partial charge is 0.320 e. The minimum Gasteiger partial charge on any atom is -0.395 e. The van der Waals surface area contributed by atoms with Crippen LogP contribution in [0.25, 0.3) is 0 Å². The Balaban J connectivity index is 1.71. The van der Waals surface area contributed by atoms with Gasteiger partial charge in [-0.3, -0.25) is 9.59 Å². The predicted molar refractivity (Wildman–Crippen MR) is 143 cm³/mol. The second-order valence-electron chi connectivity index (χ2n) is 9.59. The first kappa shape index (κ1) is 28.2. The maximum Gasteiger partial charge on any atom is 0.320 e. The van der Waals surface area contributed by atoms with Crippen LogP contribution in [0, 0.1) is 5.92 Å². The lowest BCUT2D eigenvalue weighted by Crippen LogP contribution is -2.43. The molecule has 8 nitrogen and oxygen atoms in total. The van der Waals surface area contributed by atoms with Gasteiger partial charge in [-0.05, 0) is 49.3 Å². The van der Waals surface area contributed by atoms with Crippen LogP contribution in [0.4, 0.5) is 4.79 Å². The highest BCUT2D eigenvalue weighted by atomic mass is 16.3. The number of nitrogens with two attached hydrogens (primary N) is 1. The highest BCUT2D eigenvalue weighted by Gasteiger charge is 2.34. The second-order valence-corrected chi connectivity index (χ2v) is 9.59. The predicted octanol–water partition coefficient (Wildman–Crippen LogP) is 3.56. The van der Waals surface area contributed by atoms with Gasteiger partial charge in [0, 0.05) is 32.1 Å². The van der Waals surface area contributed by atoms with E-state index in [9.17, 15) is 19.5 Å². The van der Waals surface area contributed by atoms with E-state index in [1.165, 1.54) is 0 Å². The minimum absolute atomic E-state index is 0.0520. The van der Waals surface area contributed by atoms with Gasteiger partial charge in [-0.25, -0.2) is 4.79 Å². The summed E-state index contributed by atoms with van der Waals surface area (Å²) in [6, 6.07) is 16.3. The molecule has 0 radical (unpaired) electrons. The SMILES string of the molecule is CCN(CCO)C(=O)N(CC)Cc1ccc([C@@H]2CCCC[C@H]2C(=O)N[C@H](C(N)=O)c2ccccc2)cc1. The average molecular weight is 509 g/mol.